The van der Waals surface area contributed by atoms with E-state index in [1.165, 1.54) is 21.6 Å². The van der Waals surface area contributed by atoms with Crippen LogP contribution in [0.1, 0.15) is 45.8 Å². The summed E-state index contributed by atoms with van der Waals surface area (Å²) in [6.07, 6.45) is 2.21. The largest absolute Gasteiger partial charge is 0.508 e. The second kappa shape index (κ2) is 9.80. The van der Waals surface area contributed by atoms with Gasteiger partial charge in [-0.3, -0.25) is 4.79 Å². The summed E-state index contributed by atoms with van der Waals surface area (Å²) in [6.45, 7) is 3.88. The van der Waals surface area contributed by atoms with E-state index in [0.29, 0.717) is 6.42 Å². The van der Waals surface area contributed by atoms with Crippen LogP contribution in [0.4, 0.5) is 0 Å². The Morgan fingerprint density at radius 2 is 1.81 bits per heavy atom. The number of fused-ring (bicyclic) bond motifs is 1. The van der Waals surface area contributed by atoms with Crippen molar-refractivity contribution in [3.05, 3.63) is 94.0 Å². The molecule has 3 aromatic carbocycles. The number of rotatable bonds is 6. The maximum Gasteiger partial charge on any atom is 0.237 e. The van der Waals surface area contributed by atoms with E-state index in [2.05, 4.69) is 47.8 Å². The zero-order valence-corrected chi connectivity index (χ0v) is 19.4. The molecule has 0 radical (unpaired) electrons. The fourth-order valence-electron chi connectivity index (χ4n) is 4.42. The number of nitrogens with one attached hydrogen (secondary N) is 1. The Kier molecular flexibility index (Phi) is 6.87. The molecule has 0 saturated carbocycles. The zero-order valence-electron chi connectivity index (χ0n) is 18.6. The van der Waals surface area contributed by atoms with Gasteiger partial charge in [0.05, 0.1) is 12.1 Å². The van der Waals surface area contributed by atoms with Crippen LogP contribution in [0.2, 0.25) is 0 Å². The predicted octanol–water partition coefficient (Wildman–Crippen LogP) is 4.82. The average molecular weight is 447 g/mol. The van der Waals surface area contributed by atoms with Crippen molar-refractivity contribution in [1.82, 2.24) is 5.32 Å². The maximum absolute atomic E-state index is 13.0. The molecule has 0 unspecified atom stereocenters. The number of hydrogen-bond acceptors (Lipinski definition) is 4. The molecular weight excluding hydrogens is 416 g/mol. The molecule has 3 aromatic rings. The number of phenols is 1. The van der Waals surface area contributed by atoms with Gasteiger partial charge in [-0.2, -0.15) is 0 Å². The summed E-state index contributed by atoms with van der Waals surface area (Å²) in [6, 6.07) is 19.8. The van der Waals surface area contributed by atoms with Crippen LogP contribution >= 0.6 is 11.8 Å². The van der Waals surface area contributed by atoms with E-state index in [9.17, 15) is 9.90 Å². The van der Waals surface area contributed by atoms with Crippen molar-refractivity contribution in [3.63, 3.8) is 0 Å². The van der Waals surface area contributed by atoms with Crippen LogP contribution in [0.15, 0.2) is 65.6 Å². The molecule has 4 rings (SSSR count). The molecule has 4 nitrogen and oxygen atoms in total. The highest BCUT2D eigenvalue weighted by atomic mass is 32.2. The lowest BCUT2D eigenvalue weighted by Gasteiger charge is -2.28. The van der Waals surface area contributed by atoms with Gasteiger partial charge in [-0.1, -0.05) is 42.5 Å². The SMILES string of the molecule is Cc1cc(O)cc(C)c1C[C@H](N)C(=O)N[C@@H]1CCSc2ccc(Cc3ccccc3)cc21. The van der Waals surface area contributed by atoms with E-state index in [1.807, 2.05) is 31.7 Å². The van der Waals surface area contributed by atoms with Gasteiger partial charge in [0, 0.05) is 10.6 Å². The third-order valence-electron chi connectivity index (χ3n) is 6.12. The normalized spacial score (nSPS) is 16.3. The first-order valence-electron chi connectivity index (χ1n) is 11.1. The van der Waals surface area contributed by atoms with Gasteiger partial charge in [0.2, 0.25) is 5.91 Å². The number of thioether (sulfide) groups is 1. The van der Waals surface area contributed by atoms with Crippen molar-refractivity contribution in [2.24, 2.45) is 5.73 Å². The maximum atomic E-state index is 13.0. The quantitative estimate of drug-likeness (QED) is 0.507. The van der Waals surface area contributed by atoms with Crippen molar-refractivity contribution < 1.29 is 9.90 Å². The van der Waals surface area contributed by atoms with Gasteiger partial charge in [-0.05, 0) is 84.7 Å². The molecule has 0 saturated heterocycles. The zero-order chi connectivity index (χ0) is 22.7. The first-order chi connectivity index (χ1) is 15.4. The monoisotopic (exact) mass is 446 g/mol. The Morgan fingerprint density at radius 1 is 1.09 bits per heavy atom. The Labute approximate surface area is 194 Å². The third kappa shape index (κ3) is 5.17. The first kappa shape index (κ1) is 22.4. The van der Waals surface area contributed by atoms with Gasteiger partial charge in [0.1, 0.15) is 5.75 Å². The topological polar surface area (TPSA) is 75.3 Å². The average Bonchev–Trinajstić information content (AvgIpc) is 2.77. The standard InChI is InChI=1S/C27H30N2O2S/c1-17-12-21(30)13-18(2)22(17)16-24(28)27(31)29-25-10-11-32-26-9-8-20(15-23(25)26)14-19-6-4-3-5-7-19/h3-9,12-13,15,24-25,30H,10-11,14,16,28H2,1-2H3,(H,29,31)/t24-,25+/m0/s1. The van der Waals surface area contributed by atoms with E-state index in [0.717, 1.165) is 35.3 Å². The molecule has 0 spiro atoms. The van der Waals surface area contributed by atoms with Gasteiger partial charge < -0.3 is 16.2 Å². The van der Waals surface area contributed by atoms with Crippen molar-refractivity contribution in [3.8, 4) is 5.75 Å². The fraction of sp³-hybridized carbons (Fsp3) is 0.296. The summed E-state index contributed by atoms with van der Waals surface area (Å²) in [5.74, 6) is 1.08. The Bertz CT molecular complexity index is 1090. The molecule has 32 heavy (non-hydrogen) atoms. The van der Waals surface area contributed by atoms with E-state index < -0.39 is 6.04 Å². The van der Waals surface area contributed by atoms with Crippen LogP contribution in [-0.2, 0) is 17.6 Å². The lowest BCUT2D eigenvalue weighted by molar-refractivity contribution is -0.123. The molecule has 4 N–H and O–H groups in total. The van der Waals surface area contributed by atoms with Gasteiger partial charge in [-0.15, -0.1) is 11.8 Å². The Balaban J connectivity index is 1.48. The van der Waals surface area contributed by atoms with Crippen molar-refractivity contribution in [2.45, 2.75) is 50.1 Å². The number of aryl methyl sites for hydroxylation is 2. The van der Waals surface area contributed by atoms with Gasteiger partial charge in [-0.25, -0.2) is 0 Å². The minimum atomic E-state index is -0.637. The van der Waals surface area contributed by atoms with Crippen molar-refractivity contribution in [2.75, 3.05) is 5.75 Å². The molecule has 166 valence electrons. The van der Waals surface area contributed by atoms with Crippen molar-refractivity contribution >= 4 is 17.7 Å². The van der Waals surface area contributed by atoms with Crippen LogP contribution in [-0.4, -0.2) is 22.8 Å². The number of aromatic hydroxyl groups is 1. The molecule has 0 bridgehead atoms. The highest BCUT2D eigenvalue weighted by Gasteiger charge is 2.25. The number of carbonyl (C=O) groups excluding carboxylic acids is 1. The summed E-state index contributed by atoms with van der Waals surface area (Å²) in [5.41, 5.74) is 13.0. The molecule has 1 aliphatic rings. The predicted molar refractivity (Wildman–Crippen MR) is 131 cm³/mol. The number of carbonyl (C=O) groups is 1. The minimum Gasteiger partial charge on any atom is -0.508 e. The van der Waals surface area contributed by atoms with Crippen LogP contribution in [0, 0.1) is 13.8 Å². The molecule has 1 aliphatic heterocycles. The fourth-order valence-corrected chi connectivity index (χ4v) is 5.52. The molecule has 0 aliphatic carbocycles. The number of phenolic OH excluding ortho intramolecular Hbond substituents is 1. The minimum absolute atomic E-state index is 0.0254. The highest BCUT2D eigenvalue weighted by molar-refractivity contribution is 7.99. The highest BCUT2D eigenvalue weighted by Crippen LogP contribution is 2.37. The van der Waals surface area contributed by atoms with Gasteiger partial charge in [0.25, 0.3) is 0 Å². The Morgan fingerprint density at radius 3 is 2.53 bits per heavy atom. The summed E-state index contributed by atoms with van der Waals surface area (Å²) in [4.78, 5) is 14.2. The Hall–Kier alpha value is -2.76. The third-order valence-corrected chi connectivity index (χ3v) is 7.25. The van der Waals surface area contributed by atoms with E-state index in [-0.39, 0.29) is 17.7 Å². The van der Waals surface area contributed by atoms with Crippen LogP contribution in [0.3, 0.4) is 0 Å². The van der Waals surface area contributed by atoms with E-state index >= 15 is 0 Å². The summed E-state index contributed by atoms with van der Waals surface area (Å²) in [7, 11) is 0. The van der Waals surface area contributed by atoms with Crippen LogP contribution in [0.5, 0.6) is 5.75 Å². The molecule has 1 heterocycles. The summed E-state index contributed by atoms with van der Waals surface area (Å²) >= 11 is 1.84. The van der Waals surface area contributed by atoms with Crippen LogP contribution in [0.25, 0.3) is 0 Å². The van der Waals surface area contributed by atoms with Crippen LogP contribution < -0.4 is 11.1 Å². The molecule has 1 amide bonds. The summed E-state index contributed by atoms with van der Waals surface area (Å²) in [5, 5.41) is 13.0. The lowest BCUT2D eigenvalue weighted by atomic mass is 9.95. The molecular formula is C27H30N2O2S. The molecule has 0 aromatic heterocycles. The van der Waals surface area contributed by atoms with Gasteiger partial charge >= 0.3 is 0 Å². The molecule has 2 atom stereocenters. The van der Waals surface area contributed by atoms with E-state index in [1.54, 1.807) is 12.1 Å². The molecule has 5 heteroatoms. The van der Waals surface area contributed by atoms with Gasteiger partial charge in [0.15, 0.2) is 0 Å². The lowest BCUT2D eigenvalue weighted by Crippen LogP contribution is -2.44. The first-order valence-corrected chi connectivity index (χ1v) is 12.0. The van der Waals surface area contributed by atoms with E-state index in [4.69, 9.17) is 5.73 Å². The molecule has 0 fully saturated rings. The second-order valence-electron chi connectivity index (χ2n) is 8.60. The van der Waals surface area contributed by atoms with Crippen molar-refractivity contribution in [1.29, 1.82) is 0 Å². The number of hydrogen-bond donors (Lipinski definition) is 3. The summed E-state index contributed by atoms with van der Waals surface area (Å²) < 4.78 is 0. The number of nitrogens with two attached hydrogens (primary N) is 1. The number of benzene rings is 3. The number of amides is 1. The smallest absolute Gasteiger partial charge is 0.237 e. The second-order valence-corrected chi connectivity index (χ2v) is 9.74.